The van der Waals surface area contributed by atoms with Crippen molar-refractivity contribution in [3.8, 4) is 0 Å². The Kier molecular flexibility index (Phi) is 4.65. The number of carbonyl (C=O) groups is 1. The van der Waals surface area contributed by atoms with Crippen molar-refractivity contribution in [3.05, 3.63) is 11.4 Å². The number of hydrogen-bond acceptors (Lipinski definition) is 4. The predicted octanol–water partition coefficient (Wildman–Crippen LogP) is 0.942. The second-order valence-corrected chi connectivity index (χ2v) is 5.35. The molecule has 20 heavy (non-hydrogen) atoms. The minimum atomic E-state index is -0.0599. The van der Waals surface area contributed by atoms with Crippen LogP contribution in [0.15, 0.2) is 0 Å². The van der Waals surface area contributed by atoms with Gasteiger partial charge in [-0.05, 0) is 32.1 Å². The van der Waals surface area contributed by atoms with Crippen molar-refractivity contribution in [1.29, 1.82) is 0 Å². The molecular formula is C14H24N4O2. The van der Waals surface area contributed by atoms with Crippen molar-refractivity contribution in [1.82, 2.24) is 14.7 Å². The molecule has 0 bridgehead atoms. The average Bonchev–Trinajstić information content (AvgIpc) is 2.66. The zero-order chi connectivity index (χ0) is 14.7. The normalized spacial score (nSPS) is 15.2. The minimum absolute atomic E-state index is 0.0599. The number of nitrogens with zero attached hydrogens (tertiary/aromatic N) is 3. The van der Waals surface area contributed by atoms with Gasteiger partial charge >= 0.3 is 0 Å². The second kappa shape index (κ2) is 6.26. The maximum absolute atomic E-state index is 12.8. The number of aryl methyl sites for hydroxylation is 2. The molecule has 1 heterocycles. The van der Waals surface area contributed by atoms with Gasteiger partial charge in [0, 0.05) is 26.2 Å². The van der Waals surface area contributed by atoms with Crippen molar-refractivity contribution < 1.29 is 9.90 Å². The standard InChI is InChI=1S/C14H24N4O2/c1-3-11-12(15)13(17(2)16-11)14(20)18(8-5-9-19)10-6-4-7-10/h10,19H,3-9,15H2,1-2H3. The Balaban J connectivity index is 2.24. The van der Waals surface area contributed by atoms with Gasteiger partial charge in [0.05, 0.1) is 11.4 Å². The summed E-state index contributed by atoms with van der Waals surface area (Å²) in [4.78, 5) is 14.6. The predicted molar refractivity (Wildman–Crippen MR) is 77.4 cm³/mol. The lowest BCUT2D eigenvalue weighted by atomic mass is 9.91. The first kappa shape index (κ1) is 14.8. The highest BCUT2D eigenvalue weighted by molar-refractivity contribution is 5.98. The fourth-order valence-corrected chi connectivity index (χ4v) is 2.64. The van der Waals surface area contributed by atoms with E-state index in [2.05, 4.69) is 5.10 Å². The molecule has 2 rings (SSSR count). The van der Waals surface area contributed by atoms with Crippen LogP contribution in [-0.4, -0.2) is 44.9 Å². The molecule has 0 unspecified atom stereocenters. The Morgan fingerprint density at radius 1 is 1.55 bits per heavy atom. The maximum atomic E-state index is 12.8. The maximum Gasteiger partial charge on any atom is 0.274 e. The molecule has 1 aliphatic carbocycles. The van der Waals surface area contributed by atoms with Crippen molar-refractivity contribution in [3.63, 3.8) is 0 Å². The number of aliphatic hydroxyl groups excluding tert-OH is 1. The lowest BCUT2D eigenvalue weighted by Crippen LogP contribution is -2.45. The van der Waals surface area contributed by atoms with E-state index in [4.69, 9.17) is 10.8 Å². The van der Waals surface area contributed by atoms with E-state index in [1.165, 1.54) is 0 Å². The van der Waals surface area contributed by atoms with Crippen LogP contribution in [0.3, 0.4) is 0 Å². The van der Waals surface area contributed by atoms with Crippen LogP contribution in [0.2, 0.25) is 0 Å². The number of carbonyl (C=O) groups excluding carboxylic acids is 1. The molecule has 1 saturated carbocycles. The Bertz CT molecular complexity index is 480. The van der Waals surface area contributed by atoms with Crippen LogP contribution in [-0.2, 0) is 13.5 Å². The van der Waals surface area contributed by atoms with E-state index >= 15 is 0 Å². The third-order valence-corrected chi connectivity index (χ3v) is 4.03. The van der Waals surface area contributed by atoms with Gasteiger partial charge in [0.25, 0.3) is 5.91 Å². The van der Waals surface area contributed by atoms with Crippen molar-refractivity contribution in [2.75, 3.05) is 18.9 Å². The van der Waals surface area contributed by atoms with E-state index in [1.54, 1.807) is 11.7 Å². The van der Waals surface area contributed by atoms with Gasteiger partial charge in [-0.2, -0.15) is 5.10 Å². The Labute approximate surface area is 119 Å². The fraction of sp³-hybridized carbons (Fsp3) is 0.714. The van der Waals surface area contributed by atoms with Gasteiger partial charge in [-0.3, -0.25) is 9.48 Å². The number of anilines is 1. The highest BCUT2D eigenvalue weighted by Gasteiger charge is 2.32. The largest absolute Gasteiger partial charge is 0.396 e. The van der Waals surface area contributed by atoms with Crippen molar-refractivity contribution >= 4 is 11.6 Å². The fourth-order valence-electron chi connectivity index (χ4n) is 2.64. The molecule has 112 valence electrons. The molecule has 0 saturated heterocycles. The molecule has 0 aromatic carbocycles. The zero-order valence-electron chi connectivity index (χ0n) is 12.3. The van der Waals surface area contributed by atoms with Crippen molar-refractivity contribution in [2.24, 2.45) is 7.05 Å². The van der Waals surface area contributed by atoms with Crippen molar-refractivity contribution in [2.45, 2.75) is 45.1 Å². The van der Waals surface area contributed by atoms with Gasteiger partial charge in [0.1, 0.15) is 5.69 Å². The van der Waals surface area contributed by atoms with Gasteiger partial charge in [-0.1, -0.05) is 6.92 Å². The van der Waals surface area contributed by atoms with Gasteiger partial charge in [0.15, 0.2) is 0 Å². The van der Waals surface area contributed by atoms with E-state index in [0.29, 0.717) is 30.8 Å². The number of nitrogens with two attached hydrogens (primary N) is 1. The van der Waals surface area contributed by atoms with Crippen LogP contribution >= 0.6 is 0 Å². The molecule has 0 radical (unpaired) electrons. The number of aromatic nitrogens is 2. The van der Waals surface area contributed by atoms with Crippen LogP contribution in [0.5, 0.6) is 0 Å². The van der Waals surface area contributed by atoms with Crippen LogP contribution in [0.25, 0.3) is 0 Å². The van der Waals surface area contributed by atoms with Crippen LogP contribution < -0.4 is 5.73 Å². The van der Waals surface area contributed by atoms with Gasteiger partial charge in [0.2, 0.25) is 0 Å². The number of nitrogen functional groups attached to an aromatic ring is 1. The summed E-state index contributed by atoms with van der Waals surface area (Å²) in [6.45, 7) is 2.64. The highest BCUT2D eigenvalue weighted by Crippen LogP contribution is 2.28. The molecule has 3 N–H and O–H groups in total. The number of aliphatic hydroxyl groups is 1. The Hall–Kier alpha value is -1.56. The average molecular weight is 280 g/mol. The smallest absolute Gasteiger partial charge is 0.274 e. The summed E-state index contributed by atoms with van der Waals surface area (Å²) in [6, 6.07) is 0.286. The van der Waals surface area contributed by atoms with E-state index in [0.717, 1.165) is 25.0 Å². The molecule has 6 heteroatoms. The molecule has 1 aromatic heterocycles. The number of amides is 1. The summed E-state index contributed by atoms with van der Waals surface area (Å²) in [7, 11) is 1.76. The van der Waals surface area contributed by atoms with Gasteiger partial charge in [-0.15, -0.1) is 0 Å². The molecular weight excluding hydrogens is 256 g/mol. The summed E-state index contributed by atoms with van der Waals surface area (Å²) in [5.74, 6) is -0.0599. The Morgan fingerprint density at radius 2 is 2.25 bits per heavy atom. The molecule has 6 nitrogen and oxygen atoms in total. The van der Waals surface area contributed by atoms with Crippen LogP contribution in [0.4, 0.5) is 5.69 Å². The summed E-state index contributed by atoms with van der Waals surface area (Å²) < 4.78 is 1.58. The van der Waals surface area contributed by atoms with E-state index in [1.807, 2.05) is 11.8 Å². The summed E-state index contributed by atoms with van der Waals surface area (Å²) in [5.41, 5.74) is 7.80. The van der Waals surface area contributed by atoms with Crippen LogP contribution in [0, 0.1) is 0 Å². The van der Waals surface area contributed by atoms with Gasteiger partial charge in [-0.25, -0.2) is 0 Å². The van der Waals surface area contributed by atoms with Crippen LogP contribution in [0.1, 0.15) is 48.8 Å². The molecule has 0 spiro atoms. The lowest BCUT2D eigenvalue weighted by molar-refractivity contribution is 0.0552. The molecule has 1 fully saturated rings. The molecule has 1 amide bonds. The molecule has 1 aliphatic rings. The Morgan fingerprint density at radius 3 is 2.70 bits per heavy atom. The highest BCUT2D eigenvalue weighted by atomic mass is 16.3. The monoisotopic (exact) mass is 280 g/mol. The molecule has 1 aromatic rings. The third-order valence-electron chi connectivity index (χ3n) is 4.03. The van der Waals surface area contributed by atoms with Gasteiger partial charge < -0.3 is 15.7 Å². The molecule has 0 aliphatic heterocycles. The van der Waals surface area contributed by atoms with E-state index in [9.17, 15) is 4.79 Å². The quantitative estimate of drug-likeness (QED) is 0.812. The topological polar surface area (TPSA) is 84.4 Å². The summed E-state index contributed by atoms with van der Waals surface area (Å²) >= 11 is 0. The second-order valence-electron chi connectivity index (χ2n) is 5.35. The lowest BCUT2D eigenvalue weighted by Gasteiger charge is -2.37. The van der Waals surface area contributed by atoms with E-state index in [-0.39, 0.29) is 18.6 Å². The minimum Gasteiger partial charge on any atom is -0.396 e. The first-order valence-corrected chi connectivity index (χ1v) is 7.33. The third kappa shape index (κ3) is 2.65. The molecule has 0 atom stereocenters. The first-order chi connectivity index (χ1) is 9.60. The van der Waals surface area contributed by atoms with E-state index < -0.39 is 0 Å². The first-order valence-electron chi connectivity index (χ1n) is 7.33. The zero-order valence-corrected chi connectivity index (χ0v) is 12.3. The number of hydrogen-bond donors (Lipinski definition) is 2. The number of rotatable bonds is 6. The summed E-state index contributed by atoms with van der Waals surface area (Å²) in [6.07, 6.45) is 4.55. The SMILES string of the molecule is CCc1nn(C)c(C(=O)N(CCCO)C2CCC2)c1N. The summed E-state index contributed by atoms with van der Waals surface area (Å²) in [5, 5.41) is 13.3.